The first-order valence-corrected chi connectivity index (χ1v) is 9.81. The molecule has 2 aliphatic rings. The smallest absolute Gasteiger partial charge is 0.324 e. The molecule has 0 amide bonds. The van der Waals surface area contributed by atoms with Gasteiger partial charge in [-0.2, -0.15) is 0 Å². The van der Waals surface area contributed by atoms with Crippen LogP contribution < -0.4 is 5.73 Å². The summed E-state index contributed by atoms with van der Waals surface area (Å²) in [6.45, 7) is 5.35. The van der Waals surface area contributed by atoms with Crippen molar-refractivity contribution in [3.05, 3.63) is 47.5 Å². The lowest BCUT2D eigenvalue weighted by molar-refractivity contribution is -0.154. The second-order valence-electron chi connectivity index (χ2n) is 8.19. The van der Waals surface area contributed by atoms with Gasteiger partial charge in [0.15, 0.2) is 0 Å². The largest absolute Gasteiger partial charge is 0.480 e. The molecule has 0 saturated carbocycles. The van der Waals surface area contributed by atoms with E-state index in [1.807, 2.05) is 26.2 Å². The highest BCUT2D eigenvalue weighted by atomic mass is 35.5. The normalized spacial score (nSPS) is 19.5. The third-order valence-electron chi connectivity index (χ3n) is 6.39. The number of para-hydroxylation sites is 1. The number of aliphatic carboxylic acids is 1. The highest BCUT2D eigenvalue weighted by Crippen LogP contribution is 2.35. The van der Waals surface area contributed by atoms with Gasteiger partial charge >= 0.3 is 5.97 Å². The van der Waals surface area contributed by atoms with E-state index >= 15 is 0 Å². The minimum Gasteiger partial charge on any atom is -0.480 e. The SMILES string of the molecule is CC(C)[C@@](Cc1ncn2c1CCc1ccccc1-2)(C(=O)O)N1CC[C@H](N)C1.Cl.Cl.Cl. The summed E-state index contributed by atoms with van der Waals surface area (Å²) in [5.74, 6) is -0.821. The molecule has 1 aromatic carbocycles. The zero-order valence-electron chi connectivity index (χ0n) is 17.3. The number of aryl methyl sites for hydroxylation is 1. The number of rotatable bonds is 5. The first-order chi connectivity index (χ1) is 12.9. The van der Waals surface area contributed by atoms with Gasteiger partial charge in [-0.3, -0.25) is 9.69 Å². The van der Waals surface area contributed by atoms with Gasteiger partial charge in [0.2, 0.25) is 0 Å². The lowest BCUT2D eigenvalue weighted by atomic mass is 9.79. The number of hydrogen-bond donors (Lipinski definition) is 2. The summed E-state index contributed by atoms with van der Waals surface area (Å²) in [7, 11) is 0. The van der Waals surface area contributed by atoms with Crippen molar-refractivity contribution in [3.63, 3.8) is 0 Å². The predicted octanol–water partition coefficient (Wildman–Crippen LogP) is 3.29. The number of halogens is 3. The Hall–Kier alpha value is -1.31. The zero-order chi connectivity index (χ0) is 19.2. The Morgan fingerprint density at radius 2 is 1.97 bits per heavy atom. The number of likely N-dealkylation sites (tertiary alicyclic amines) is 1. The van der Waals surface area contributed by atoms with E-state index < -0.39 is 11.5 Å². The molecule has 2 atom stereocenters. The molecule has 1 fully saturated rings. The quantitative estimate of drug-likeness (QED) is 0.690. The number of carboxylic acid groups (broad SMARTS) is 1. The fourth-order valence-electron chi connectivity index (χ4n) is 4.78. The van der Waals surface area contributed by atoms with E-state index in [2.05, 4.69) is 32.7 Å². The van der Waals surface area contributed by atoms with Crippen molar-refractivity contribution in [1.82, 2.24) is 14.5 Å². The lowest BCUT2D eigenvalue weighted by Crippen LogP contribution is -2.59. The Bertz CT molecular complexity index is 874. The lowest BCUT2D eigenvalue weighted by Gasteiger charge is -2.41. The number of nitrogens with two attached hydrogens (primary N) is 1. The van der Waals surface area contributed by atoms with E-state index in [9.17, 15) is 9.90 Å². The molecule has 0 bridgehead atoms. The van der Waals surface area contributed by atoms with E-state index in [-0.39, 0.29) is 49.2 Å². The summed E-state index contributed by atoms with van der Waals surface area (Å²) in [5.41, 5.74) is 9.65. The van der Waals surface area contributed by atoms with Crippen molar-refractivity contribution in [2.24, 2.45) is 11.7 Å². The monoisotopic (exact) mass is 476 g/mol. The van der Waals surface area contributed by atoms with Crippen molar-refractivity contribution in [2.75, 3.05) is 13.1 Å². The Kier molecular flexibility index (Phi) is 9.21. The van der Waals surface area contributed by atoms with Crippen molar-refractivity contribution in [3.8, 4) is 5.69 Å². The number of aromatic nitrogens is 2. The van der Waals surface area contributed by atoms with Crippen molar-refractivity contribution in [2.45, 2.75) is 51.1 Å². The molecule has 2 aromatic rings. The van der Waals surface area contributed by atoms with Crippen LogP contribution in [-0.4, -0.2) is 50.2 Å². The minimum atomic E-state index is -0.971. The van der Waals surface area contributed by atoms with Gasteiger partial charge in [0.25, 0.3) is 0 Å². The van der Waals surface area contributed by atoms with Gasteiger partial charge in [-0.15, -0.1) is 37.2 Å². The third-order valence-corrected chi connectivity index (χ3v) is 6.39. The molecule has 3 heterocycles. The molecule has 4 rings (SSSR count). The molecule has 2 aliphatic heterocycles. The molecular weight excluding hydrogens is 447 g/mol. The summed E-state index contributed by atoms with van der Waals surface area (Å²) in [5, 5.41) is 10.3. The van der Waals surface area contributed by atoms with E-state index in [1.165, 1.54) is 5.56 Å². The van der Waals surface area contributed by atoms with Gasteiger partial charge in [-0.05, 0) is 36.8 Å². The van der Waals surface area contributed by atoms with Crippen molar-refractivity contribution < 1.29 is 9.90 Å². The van der Waals surface area contributed by atoms with Crippen molar-refractivity contribution >= 4 is 43.2 Å². The molecule has 1 aromatic heterocycles. The molecule has 9 heteroatoms. The summed E-state index contributed by atoms with van der Waals surface area (Å²) < 4.78 is 2.14. The number of imidazole rings is 1. The number of carboxylic acids is 1. The van der Waals surface area contributed by atoms with Gasteiger partial charge in [0, 0.05) is 36.9 Å². The number of fused-ring (bicyclic) bond motifs is 3. The number of hydrogen-bond acceptors (Lipinski definition) is 4. The topological polar surface area (TPSA) is 84.4 Å². The van der Waals surface area contributed by atoms with Gasteiger partial charge < -0.3 is 15.4 Å². The maximum absolute atomic E-state index is 12.5. The van der Waals surface area contributed by atoms with Gasteiger partial charge in [-0.25, -0.2) is 4.98 Å². The summed E-state index contributed by atoms with van der Waals surface area (Å²) in [4.78, 5) is 19.3. The average molecular weight is 478 g/mol. The molecule has 0 spiro atoms. The summed E-state index contributed by atoms with van der Waals surface area (Å²) in [6.07, 6.45) is 4.96. The molecule has 6 nitrogen and oxygen atoms in total. The van der Waals surface area contributed by atoms with Crippen LogP contribution in [0.5, 0.6) is 0 Å². The van der Waals surface area contributed by atoms with Crippen LogP contribution in [0, 0.1) is 5.92 Å². The van der Waals surface area contributed by atoms with Crippen molar-refractivity contribution in [1.29, 1.82) is 0 Å². The molecule has 3 N–H and O–H groups in total. The van der Waals surface area contributed by atoms with Crippen LogP contribution in [-0.2, 0) is 24.1 Å². The number of nitrogens with zero attached hydrogens (tertiary/aromatic N) is 3. The maximum atomic E-state index is 12.5. The Morgan fingerprint density at radius 1 is 1.27 bits per heavy atom. The molecule has 168 valence electrons. The van der Waals surface area contributed by atoms with Crippen LogP contribution in [0.25, 0.3) is 5.69 Å². The van der Waals surface area contributed by atoms with E-state index in [0.717, 1.165) is 42.9 Å². The third kappa shape index (κ3) is 4.34. The van der Waals surface area contributed by atoms with Gasteiger partial charge in [-0.1, -0.05) is 32.0 Å². The average Bonchev–Trinajstić information content (AvgIpc) is 3.25. The Labute approximate surface area is 196 Å². The maximum Gasteiger partial charge on any atom is 0.324 e. The highest BCUT2D eigenvalue weighted by molar-refractivity contribution is 5.86. The molecular formula is C21H31Cl3N4O2. The number of carbonyl (C=O) groups is 1. The molecule has 1 saturated heterocycles. The van der Waals surface area contributed by atoms with E-state index in [4.69, 9.17) is 5.73 Å². The standard InChI is InChI=1S/C21H28N4O2.3ClH/c1-14(2)21(20(26)27,24-10-9-16(22)12-24)11-17-19-8-7-15-5-3-4-6-18(15)25(19)13-23-17;;;/h3-6,13-14,16H,7-12,22H2,1-2H3,(H,26,27);3*1H/t16-,21-;;;/m0.../s1. The van der Waals surface area contributed by atoms with E-state index in [0.29, 0.717) is 13.0 Å². The first-order valence-electron chi connectivity index (χ1n) is 9.81. The summed E-state index contributed by atoms with van der Waals surface area (Å²) in [6, 6.07) is 8.40. The molecule has 30 heavy (non-hydrogen) atoms. The molecule has 0 aliphatic carbocycles. The second kappa shape index (κ2) is 10.3. The van der Waals surface area contributed by atoms with Crippen LogP contribution in [0.1, 0.15) is 37.2 Å². The van der Waals surface area contributed by atoms with Gasteiger partial charge in [0.05, 0.1) is 12.0 Å². The minimum absolute atomic E-state index is 0. The van der Waals surface area contributed by atoms with Crippen LogP contribution in [0.15, 0.2) is 30.6 Å². The molecule has 0 radical (unpaired) electrons. The zero-order valence-corrected chi connectivity index (χ0v) is 19.7. The van der Waals surface area contributed by atoms with Crippen LogP contribution in [0.4, 0.5) is 0 Å². The Morgan fingerprint density at radius 3 is 2.57 bits per heavy atom. The fourth-order valence-corrected chi connectivity index (χ4v) is 4.78. The van der Waals surface area contributed by atoms with Crippen LogP contribution in [0.3, 0.4) is 0 Å². The number of benzene rings is 1. The Balaban J connectivity index is 0.00000150. The van der Waals surface area contributed by atoms with Gasteiger partial charge in [0.1, 0.15) is 5.54 Å². The fraction of sp³-hybridized carbons (Fsp3) is 0.524. The van der Waals surface area contributed by atoms with Crippen LogP contribution in [0.2, 0.25) is 0 Å². The molecule has 0 unspecified atom stereocenters. The van der Waals surface area contributed by atoms with E-state index in [1.54, 1.807) is 0 Å². The predicted molar refractivity (Wildman–Crippen MR) is 126 cm³/mol. The van der Waals surface area contributed by atoms with Crippen LogP contribution >= 0.6 is 37.2 Å². The first kappa shape index (κ1) is 26.7. The highest BCUT2D eigenvalue weighted by Gasteiger charge is 2.49. The second-order valence-corrected chi connectivity index (χ2v) is 8.19. The summed E-state index contributed by atoms with van der Waals surface area (Å²) >= 11 is 0.